The van der Waals surface area contributed by atoms with Gasteiger partial charge in [0.2, 0.25) is 0 Å². The third-order valence-electron chi connectivity index (χ3n) is 3.31. The largest absolute Gasteiger partial charge is 0.491 e. The molecule has 0 aliphatic rings. The zero-order chi connectivity index (χ0) is 15.8. The average molecular weight is 300 g/mol. The summed E-state index contributed by atoms with van der Waals surface area (Å²) in [6.45, 7) is 4.76. The highest BCUT2D eigenvalue weighted by Crippen LogP contribution is 2.25. The van der Waals surface area contributed by atoms with Gasteiger partial charge in [-0.25, -0.2) is 0 Å². The first-order valence-corrected chi connectivity index (χ1v) is 7.70. The van der Waals surface area contributed by atoms with Crippen LogP contribution in [-0.4, -0.2) is 23.3 Å². The van der Waals surface area contributed by atoms with Crippen molar-refractivity contribution in [2.24, 2.45) is 5.92 Å². The van der Waals surface area contributed by atoms with E-state index in [0.29, 0.717) is 12.5 Å². The smallest absolute Gasteiger partial charge is 0.119 e. The van der Waals surface area contributed by atoms with E-state index in [2.05, 4.69) is 30.2 Å². The molecular weight excluding hydrogens is 276 g/mol. The molecule has 0 radical (unpaired) electrons. The van der Waals surface area contributed by atoms with Crippen molar-refractivity contribution in [3.63, 3.8) is 0 Å². The summed E-state index contributed by atoms with van der Waals surface area (Å²) >= 11 is 0. The van der Waals surface area contributed by atoms with Gasteiger partial charge in [-0.1, -0.05) is 19.9 Å². The Balaban J connectivity index is 2.06. The molecule has 0 aliphatic carbocycles. The van der Waals surface area contributed by atoms with Crippen molar-refractivity contribution < 1.29 is 9.84 Å². The molecular formula is C18H24N2O2. The molecule has 4 heteroatoms. The minimum absolute atomic E-state index is 0.0239. The summed E-state index contributed by atoms with van der Waals surface area (Å²) in [4.78, 5) is 4.47. The Bertz CT molecular complexity index is 541. The molecule has 118 valence electrons. The number of pyridine rings is 1. The zero-order valence-corrected chi connectivity index (χ0v) is 13.2. The van der Waals surface area contributed by atoms with E-state index in [1.165, 1.54) is 0 Å². The molecule has 0 saturated heterocycles. The van der Waals surface area contributed by atoms with Crippen LogP contribution in [0.2, 0.25) is 0 Å². The fraction of sp³-hybridized carbons (Fsp3) is 0.389. The number of ether oxygens (including phenoxy) is 1. The van der Waals surface area contributed by atoms with Crippen molar-refractivity contribution in [2.45, 2.75) is 26.3 Å². The maximum atomic E-state index is 8.77. The Morgan fingerprint density at radius 2 is 1.91 bits per heavy atom. The highest BCUT2D eigenvalue weighted by molar-refractivity contribution is 5.47. The maximum absolute atomic E-state index is 8.77. The van der Waals surface area contributed by atoms with E-state index in [1.54, 1.807) is 0 Å². The van der Waals surface area contributed by atoms with Gasteiger partial charge in [0.15, 0.2) is 0 Å². The molecule has 0 bridgehead atoms. The lowest BCUT2D eigenvalue weighted by Crippen LogP contribution is -2.14. The summed E-state index contributed by atoms with van der Waals surface area (Å²) in [7, 11) is 0. The Morgan fingerprint density at radius 3 is 2.50 bits per heavy atom. The van der Waals surface area contributed by atoms with Crippen LogP contribution < -0.4 is 10.1 Å². The van der Waals surface area contributed by atoms with E-state index in [0.717, 1.165) is 23.6 Å². The fourth-order valence-electron chi connectivity index (χ4n) is 2.32. The Morgan fingerprint density at radius 1 is 1.14 bits per heavy atom. The molecule has 0 fully saturated rings. The molecule has 0 aliphatic heterocycles. The van der Waals surface area contributed by atoms with Gasteiger partial charge in [-0.2, -0.15) is 0 Å². The first-order valence-electron chi connectivity index (χ1n) is 7.70. The van der Waals surface area contributed by atoms with Crippen LogP contribution in [0.5, 0.6) is 5.75 Å². The van der Waals surface area contributed by atoms with Gasteiger partial charge in [-0.3, -0.25) is 4.98 Å². The van der Waals surface area contributed by atoms with Crippen LogP contribution in [0.15, 0.2) is 48.7 Å². The van der Waals surface area contributed by atoms with Gasteiger partial charge < -0.3 is 15.2 Å². The molecule has 2 aromatic rings. The lowest BCUT2D eigenvalue weighted by Gasteiger charge is -2.21. The van der Waals surface area contributed by atoms with Crippen LogP contribution in [-0.2, 0) is 0 Å². The minimum Gasteiger partial charge on any atom is -0.491 e. The molecule has 1 unspecified atom stereocenters. The zero-order valence-electron chi connectivity index (χ0n) is 13.2. The molecule has 1 atom stereocenters. The molecule has 0 amide bonds. The Labute approximate surface area is 132 Å². The van der Waals surface area contributed by atoms with Crippen molar-refractivity contribution in [3.05, 3.63) is 54.4 Å². The van der Waals surface area contributed by atoms with E-state index >= 15 is 0 Å². The SMILES string of the molecule is CC(C)CC(Nc1ccc(OCCO)cc1)c1ccccn1. The molecule has 0 spiro atoms. The van der Waals surface area contributed by atoms with Gasteiger partial charge in [0.25, 0.3) is 0 Å². The van der Waals surface area contributed by atoms with E-state index < -0.39 is 0 Å². The molecule has 4 nitrogen and oxygen atoms in total. The van der Waals surface area contributed by atoms with E-state index in [1.807, 2.05) is 42.6 Å². The van der Waals surface area contributed by atoms with Crippen LogP contribution in [0.1, 0.15) is 32.0 Å². The van der Waals surface area contributed by atoms with E-state index in [-0.39, 0.29) is 12.6 Å². The van der Waals surface area contributed by atoms with Gasteiger partial charge in [-0.05, 0) is 48.7 Å². The van der Waals surface area contributed by atoms with E-state index in [9.17, 15) is 0 Å². The number of anilines is 1. The first kappa shape index (κ1) is 16.3. The second-order valence-corrected chi connectivity index (χ2v) is 5.68. The van der Waals surface area contributed by atoms with Crippen molar-refractivity contribution in [3.8, 4) is 5.75 Å². The fourth-order valence-corrected chi connectivity index (χ4v) is 2.32. The van der Waals surface area contributed by atoms with Gasteiger partial charge in [0.05, 0.1) is 18.3 Å². The highest BCUT2D eigenvalue weighted by Gasteiger charge is 2.14. The monoisotopic (exact) mass is 300 g/mol. The predicted octanol–water partition coefficient (Wildman–Crippen LogP) is 3.65. The molecule has 1 aromatic heterocycles. The van der Waals surface area contributed by atoms with Crippen LogP contribution in [0, 0.1) is 5.92 Å². The normalized spacial score (nSPS) is 12.2. The quantitative estimate of drug-likeness (QED) is 0.781. The lowest BCUT2D eigenvalue weighted by molar-refractivity contribution is 0.201. The number of hydrogen-bond acceptors (Lipinski definition) is 4. The Kier molecular flexibility index (Phi) is 6.22. The summed E-state index contributed by atoms with van der Waals surface area (Å²) in [5, 5.41) is 12.3. The minimum atomic E-state index is 0.0239. The number of rotatable bonds is 8. The second-order valence-electron chi connectivity index (χ2n) is 5.68. The number of hydrogen-bond donors (Lipinski definition) is 2. The first-order chi connectivity index (χ1) is 10.7. The summed E-state index contributed by atoms with van der Waals surface area (Å²) in [5.41, 5.74) is 2.09. The van der Waals surface area contributed by atoms with Crippen molar-refractivity contribution in [1.82, 2.24) is 4.98 Å². The van der Waals surface area contributed by atoms with Gasteiger partial charge in [-0.15, -0.1) is 0 Å². The summed E-state index contributed by atoms with van der Waals surface area (Å²) in [6, 6.07) is 14.0. The van der Waals surface area contributed by atoms with Crippen LogP contribution in [0.4, 0.5) is 5.69 Å². The molecule has 2 rings (SSSR count). The summed E-state index contributed by atoms with van der Waals surface area (Å²) < 4.78 is 5.37. The van der Waals surface area contributed by atoms with Crippen molar-refractivity contribution in [2.75, 3.05) is 18.5 Å². The van der Waals surface area contributed by atoms with Gasteiger partial charge >= 0.3 is 0 Å². The molecule has 1 heterocycles. The number of benzene rings is 1. The van der Waals surface area contributed by atoms with Crippen molar-refractivity contribution in [1.29, 1.82) is 0 Å². The molecule has 2 N–H and O–H groups in total. The third-order valence-corrected chi connectivity index (χ3v) is 3.31. The predicted molar refractivity (Wildman–Crippen MR) is 89.1 cm³/mol. The number of aliphatic hydroxyl groups excluding tert-OH is 1. The van der Waals surface area contributed by atoms with Crippen LogP contribution >= 0.6 is 0 Å². The molecule has 22 heavy (non-hydrogen) atoms. The summed E-state index contributed by atoms with van der Waals surface area (Å²) in [5.74, 6) is 1.34. The van der Waals surface area contributed by atoms with Gasteiger partial charge in [0, 0.05) is 11.9 Å². The second kappa shape index (κ2) is 8.39. The highest BCUT2D eigenvalue weighted by atomic mass is 16.5. The van der Waals surface area contributed by atoms with Crippen LogP contribution in [0.25, 0.3) is 0 Å². The average Bonchev–Trinajstić information content (AvgIpc) is 2.54. The maximum Gasteiger partial charge on any atom is 0.119 e. The molecule has 0 saturated carbocycles. The van der Waals surface area contributed by atoms with Crippen molar-refractivity contribution >= 4 is 5.69 Å². The number of nitrogens with zero attached hydrogens (tertiary/aromatic N) is 1. The third kappa shape index (κ3) is 5.04. The lowest BCUT2D eigenvalue weighted by atomic mass is 10.0. The molecule has 1 aromatic carbocycles. The standard InChI is InChI=1S/C18H24N2O2/c1-14(2)13-18(17-5-3-4-10-19-17)20-15-6-8-16(9-7-15)22-12-11-21/h3-10,14,18,20-21H,11-13H2,1-2H3. The number of nitrogens with one attached hydrogen (secondary N) is 1. The van der Waals surface area contributed by atoms with Crippen LogP contribution in [0.3, 0.4) is 0 Å². The van der Waals surface area contributed by atoms with E-state index in [4.69, 9.17) is 9.84 Å². The number of aromatic nitrogens is 1. The summed E-state index contributed by atoms with van der Waals surface area (Å²) in [6.07, 6.45) is 2.84. The Hall–Kier alpha value is -2.07. The topological polar surface area (TPSA) is 54.4 Å². The number of aliphatic hydroxyl groups is 1. The van der Waals surface area contributed by atoms with Gasteiger partial charge in [0.1, 0.15) is 12.4 Å².